The molecule has 0 aliphatic heterocycles. The van der Waals surface area contributed by atoms with Gasteiger partial charge in [-0.1, -0.05) is 12.1 Å². The highest BCUT2D eigenvalue weighted by Gasteiger charge is 2.33. The number of ether oxygens (including phenoxy) is 1. The predicted octanol–water partition coefficient (Wildman–Crippen LogP) is 0.918. The van der Waals surface area contributed by atoms with Crippen molar-refractivity contribution in [2.75, 3.05) is 25.6 Å². The average molecular weight is 248 g/mol. The normalized spacial score (nSPS) is 13.3. The first-order valence-electron chi connectivity index (χ1n) is 5.43. The standard InChI is InChI=1S/C13H16N2O3/c1-13(17,12(16)18-3)9-15(2)11-7-5-4-6-10(11)8-14/h4-7,17H,9H2,1-3H3. The summed E-state index contributed by atoms with van der Waals surface area (Å²) in [5.41, 5.74) is -0.476. The molecule has 0 aromatic heterocycles. The van der Waals surface area contributed by atoms with Crippen molar-refractivity contribution in [1.82, 2.24) is 0 Å². The van der Waals surface area contributed by atoms with Crippen LogP contribution < -0.4 is 4.90 Å². The number of aliphatic hydroxyl groups is 1. The summed E-state index contributed by atoms with van der Waals surface area (Å²) in [7, 11) is 2.92. The number of anilines is 1. The Bertz CT molecular complexity index is 477. The summed E-state index contributed by atoms with van der Waals surface area (Å²) in [6.07, 6.45) is 0. The van der Waals surface area contributed by atoms with Gasteiger partial charge in [0.1, 0.15) is 6.07 Å². The maximum absolute atomic E-state index is 11.4. The van der Waals surface area contributed by atoms with Gasteiger partial charge in [-0.15, -0.1) is 0 Å². The van der Waals surface area contributed by atoms with Gasteiger partial charge in [-0.05, 0) is 19.1 Å². The Kier molecular flexibility index (Phi) is 4.29. The van der Waals surface area contributed by atoms with Crippen molar-refractivity contribution in [3.63, 3.8) is 0 Å². The fraction of sp³-hybridized carbons (Fsp3) is 0.385. The molecule has 1 aromatic carbocycles. The van der Waals surface area contributed by atoms with Gasteiger partial charge in [0.15, 0.2) is 5.60 Å². The number of carbonyl (C=O) groups excluding carboxylic acids is 1. The molecule has 0 fully saturated rings. The molecule has 0 aliphatic carbocycles. The highest BCUT2D eigenvalue weighted by molar-refractivity contribution is 5.79. The van der Waals surface area contributed by atoms with Gasteiger partial charge < -0.3 is 14.7 Å². The smallest absolute Gasteiger partial charge is 0.339 e. The van der Waals surface area contributed by atoms with Crippen LogP contribution in [0.2, 0.25) is 0 Å². The second-order valence-corrected chi connectivity index (χ2v) is 4.25. The Morgan fingerprint density at radius 3 is 2.72 bits per heavy atom. The minimum atomic E-state index is -1.62. The van der Waals surface area contributed by atoms with Crippen LogP contribution in [0.1, 0.15) is 12.5 Å². The number of para-hydroxylation sites is 1. The minimum Gasteiger partial charge on any atom is -0.467 e. The first kappa shape index (κ1) is 14.0. The van der Waals surface area contributed by atoms with Gasteiger partial charge in [-0.25, -0.2) is 4.79 Å². The van der Waals surface area contributed by atoms with E-state index in [2.05, 4.69) is 10.8 Å². The zero-order chi connectivity index (χ0) is 13.8. The predicted molar refractivity (Wildman–Crippen MR) is 67.1 cm³/mol. The molecule has 1 rings (SSSR count). The summed E-state index contributed by atoms with van der Waals surface area (Å²) in [6.45, 7) is 1.42. The van der Waals surface area contributed by atoms with Crippen LogP contribution in [0.15, 0.2) is 24.3 Å². The van der Waals surface area contributed by atoms with E-state index in [1.165, 1.54) is 14.0 Å². The van der Waals surface area contributed by atoms with Crippen LogP contribution in [0.25, 0.3) is 0 Å². The first-order valence-corrected chi connectivity index (χ1v) is 5.43. The summed E-state index contributed by atoms with van der Waals surface area (Å²) in [4.78, 5) is 13.0. The summed E-state index contributed by atoms with van der Waals surface area (Å²) in [6, 6.07) is 9.05. The van der Waals surface area contributed by atoms with E-state index in [0.717, 1.165) is 0 Å². The van der Waals surface area contributed by atoms with E-state index in [9.17, 15) is 9.90 Å². The van der Waals surface area contributed by atoms with Crippen molar-refractivity contribution in [2.45, 2.75) is 12.5 Å². The SMILES string of the molecule is COC(=O)C(C)(O)CN(C)c1ccccc1C#N. The van der Waals surface area contributed by atoms with Crippen LogP contribution in [0.4, 0.5) is 5.69 Å². The molecule has 5 heteroatoms. The molecule has 5 nitrogen and oxygen atoms in total. The molecule has 96 valence electrons. The third kappa shape index (κ3) is 2.99. The lowest BCUT2D eigenvalue weighted by molar-refractivity contribution is -0.159. The van der Waals surface area contributed by atoms with Crippen LogP contribution in [0.3, 0.4) is 0 Å². The number of nitriles is 1. The van der Waals surface area contributed by atoms with Crippen LogP contribution >= 0.6 is 0 Å². The fourth-order valence-electron chi connectivity index (χ4n) is 1.73. The lowest BCUT2D eigenvalue weighted by atomic mass is 10.1. The molecule has 0 heterocycles. The van der Waals surface area contributed by atoms with Gasteiger partial charge in [0.05, 0.1) is 24.9 Å². The Hall–Kier alpha value is -2.06. The number of rotatable bonds is 4. The zero-order valence-corrected chi connectivity index (χ0v) is 10.7. The third-order valence-electron chi connectivity index (χ3n) is 2.61. The van der Waals surface area contributed by atoms with Crippen LogP contribution in [-0.2, 0) is 9.53 Å². The van der Waals surface area contributed by atoms with E-state index >= 15 is 0 Å². The second-order valence-electron chi connectivity index (χ2n) is 4.25. The molecular formula is C13H16N2O3. The zero-order valence-electron chi connectivity index (χ0n) is 10.7. The first-order chi connectivity index (χ1) is 8.42. The van der Waals surface area contributed by atoms with Crippen molar-refractivity contribution < 1.29 is 14.6 Å². The molecule has 18 heavy (non-hydrogen) atoms. The molecule has 1 aromatic rings. The monoisotopic (exact) mass is 248 g/mol. The largest absolute Gasteiger partial charge is 0.467 e. The lowest BCUT2D eigenvalue weighted by Gasteiger charge is -2.28. The van der Waals surface area contributed by atoms with Crippen molar-refractivity contribution in [1.29, 1.82) is 5.26 Å². The van der Waals surface area contributed by atoms with E-state index in [4.69, 9.17) is 5.26 Å². The number of nitrogens with zero attached hydrogens (tertiary/aromatic N) is 2. The molecule has 0 bridgehead atoms. The molecule has 0 amide bonds. The topological polar surface area (TPSA) is 73.6 Å². The van der Waals surface area contributed by atoms with Crippen LogP contribution in [-0.4, -0.2) is 37.4 Å². The summed E-state index contributed by atoms with van der Waals surface area (Å²) in [5, 5.41) is 19.0. The van der Waals surface area contributed by atoms with Crippen molar-refractivity contribution in [3.05, 3.63) is 29.8 Å². The summed E-state index contributed by atoms with van der Waals surface area (Å²) >= 11 is 0. The van der Waals surface area contributed by atoms with E-state index in [-0.39, 0.29) is 6.54 Å². The molecule has 1 N–H and O–H groups in total. The Morgan fingerprint density at radius 2 is 2.17 bits per heavy atom. The molecule has 1 atom stereocenters. The number of benzene rings is 1. The average Bonchev–Trinajstić information content (AvgIpc) is 2.36. The highest BCUT2D eigenvalue weighted by atomic mass is 16.5. The van der Waals surface area contributed by atoms with Crippen molar-refractivity contribution in [3.8, 4) is 6.07 Å². The fourth-order valence-corrected chi connectivity index (χ4v) is 1.73. The van der Waals surface area contributed by atoms with E-state index in [1.54, 1.807) is 36.2 Å². The maximum atomic E-state index is 11.4. The van der Waals surface area contributed by atoms with Gasteiger partial charge >= 0.3 is 5.97 Å². The van der Waals surface area contributed by atoms with Crippen LogP contribution in [0, 0.1) is 11.3 Å². The number of carbonyl (C=O) groups is 1. The molecule has 0 saturated carbocycles. The Balaban J connectivity index is 2.93. The lowest BCUT2D eigenvalue weighted by Crippen LogP contribution is -2.46. The number of likely N-dealkylation sites (N-methyl/N-ethyl adjacent to an activating group) is 1. The molecule has 0 aliphatic rings. The minimum absolute atomic E-state index is 0.0400. The van der Waals surface area contributed by atoms with Crippen molar-refractivity contribution >= 4 is 11.7 Å². The summed E-state index contributed by atoms with van der Waals surface area (Å²) < 4.78 is 4.53. The van der Waals surface area contributed by atoms with Crippen molar-refractivity contribution in [2.24, 2.45) is 0 Å². The highest BCUT2D eigenvalue weighted by Crippen LogP contribution is 2.20. The van der Waals surface area contributed by atoms with Gasteiger partial charge in [-0.3, -0.25) is 0 Å². The van der Waals surface area contributed by atoms with Gasteiger partial charge in [0.2, 0.25) is 0 Å². The van der Waals surface area contributed by atoms with E-state index in [1.807, 2.05) is 0 Å². The molecule has 0 saturated heterocycles. The second kappa shape index (κ2) is 5.52. The third-order valence-corrected chi connectivity index (χ3v) is 2.61. The number of hydrogen-bond acceptors (Lipinski definition) is 5. The number of esters is 1. The van der Waals surface area contributed by atoms with Gasteiger partial charge in [0.25, 0.3) is 0 Å². The Morgan fingerprint density at radius 1 is 1.56 bits per heavy atom. The maximum Gasteiger partial charge on any atom is 0.339 e. The Labute approximate surface area is 106 Å². The van der Waals surface area contributed by atoms with E-state index in [0.29, 0.717) is 11.3 Å². The molecule has 0 spiro atoms. The molecule has 0 radical (unpaired) electrons. The van der Waals surface area contributed by atoms with E-state index < -0.39 is 11.6 Å². The van der Waals surface area contributed by atoms with Crippen LogP contribution in [0.5, 0.6) is 0 Å². The number of hydrogen-bond donors (Lipinski definition) is 1. The quantitative estimate of drug-likeness (QED) is 0.802. The summed E-state index contributed by atoms with van der Waals surface area (Å²) in [5.74, 6) is -0.705. The number of methoxy groups -OCH3 is 1. The van der Waals surface area contributed by atoms with Gasteiger partial charge in [-0.2, -0.15) is 5.26 Å². The molecular weight excluding hydrogens is 232 g/mol. The van der Waals surface area contributed by atoms with Gasteiger partial charge in [0, 0.05) is 7.05 Å². The molecule has 1 unspecified atom stereocenters.